The Bertz CT molecular complexity index is 572. The van der Waals surface area contributed by atoms with Crippen LogP contribution >= 0.6 is 0 Å². The molecule has 0 radical (unpaired) electrons. The molecule has 0 amide bonds. The van der Waals surface area contributed by atoms with Crippen LogP contribution in [0.25, 0.3) is 0 Å². The molecule has 0 saturated carbocycles. The molecular formula is C14H25N3O3S. The van der Waals surface area contributed by atoms with E-state index in [9.17, 15) is 8.42 Å². The number of nitrogens with one attached hydrogen (secondary N) is 2. The molecule has 2 unspecified atom stereocenters. The van der Waals surface area contributed by atoms with Crippen molar-refractivity contribution in [3.8, 4) is 0 Å². The molecule has 6 nitrogen and oxygen atoms in total. The van der Waals surface area contributed by atoms with E-state index in [2.05, 4.69) is 10.1 Å². The molecule has 0 aromatic carbocycles. The Hall–Kier alpha value is -0.890. The molecule has 1 aromatic rings. The average molecular weight is 315 g/mol. The highest BCUT2D eigenvalue weighted by molar-refractivity contribution is 7.89. The molecule has 1 aromatic heterocycles. The molecule has 2 N–H and O–H groups in total. The van der Waals surface area contributed by atoms with Crippen LogP contribution in [0.1, 0.15) is 44.6 Å². The molecule has 7 heteroatoms. The Labute approximate surface area is 126 Å². The van der Waals surface area contributed by atoms with Gasteiger partial charge in [0, 0.05) is 18.2 Å². The van der Waals surface area contributed by atoms with Crippen molar-refractivity contribution in [2.24, 2.45) is 0 Å². The Kier molecular flexibility index (Phi) is 5.08. The second-order valence-corrected chi connectivity index (χ2v) is 7.42. The first kappa shape index (κ1) is 16.5. The van der Waals surface area contributed by atoms with Crippen LogP contribution in [0, 0.1) is 6.92 Å². The SMILES string of the molecule is CNCc1cc(S(=O)(=O)NN2C(C)CCCC2C)c(C)o1. The minimum absolute atomic E-state index is 0.201. The maximum absolute atomic E-state index is 12.6. The zero-order valence-corrected chi connectivity index (χ0v) is 14.0. The van der Waals surface area contributed by atoms with E-state index in [4.69, 9.17) is 4.42 Å². The normalized spacial score (nSPS) is 24.4. The van der Waals surface area contributed by atoms with Gasteiger partial charge in [0.25, 0.3) is 10.0 Å². The smallest absolute Gasteiger partial charge is 0.256 e. The van der Waals surface area contributed by atoms with Gasteiger partial charge in [-0.25, -0.2) is 13.4 Å². The summed E-state index contributed by atoms with van der Waals surface area (Å²) in [5.74, 6) is 1.04. The van der Waals surface area contributed by atoms with Crippen LogP contribution in [0.4, 0.5) is 0 Å². The summed E-state index contributed by atoms with van der Waals surface area (Å²) in [5.41, 5.74) is 0. The predicted molar refractivity (Wildman–Crippen MR) is 81.1 cm³/mol. The number of hydrazine groups is 1. The number of aryl methyl sites for hydroxylation is 1. The Morgan fingerprint density at radius 3 is 2.52 bits per heavy atom. The largest absolute Gasteiger partial charge is 0.464 e. The van der Waals surface area contributed by atoms with E-state index in [0.717, 1.165) is 19.3 Å². The molecule has 0 aliphatic carbocycles. The lowest BCUT2D eigenvalue weighted by atomic mass is 10.0. The van der Waals surface area contributed by atoms with E-state index >= 15 is 0 Å². The number of furan rings is 1. The van der Waals surface area contributed by atoms with Crippen molar-refractivity contribution >= 4 is 10.0 Å². The zero-order chi connectivity index (χ0) is 15.6. The van der Waals surface area contributed by atoms with Crippen LogP contribution in [0.2, 0.25) is 0 Å². The predicted octanol–water partition coefficient (Wildman–Crippen LogP) is 1.76. The van der Waals surface area contributed by atoms with Crippen LogP contribution in [0.5, 0.6) is 0 Å². The number of rotatable bonds is 5. The maximum Gasteiger partial charge on any atom is 0.256 e. The summed E-state index contributed by atoms with van der Waals surface area (Å²) in [5, 5.41) is 4.80. The lowest BCUT2D eigenvalue weighted by Crippen LogP contribution is -2.53. The van der Waals surface area contributed by atoms with Crippen molar-refractivity contribution in [1.29, 1.82) is 0 Å². The van der Waals surface area contributed by atoms with Gasteiger partial charge in [-0.3, -0.25) is 0 Å². The standard InChI is InChI=1S/C14H25N3O3S/c1-10-6-5-7-11(2)17(10)16-21(18,19)14-8-13(9-15-4)20-12(14)3/h8,10-11,15-16H,5-7,9H2,1-4H3. The molecule has 21 heavy (non-hydrogen) atoms. The number of piperidine rings is 1. The fourth-order valence-corrected chi connectivity index (χ4v) is 4.28. The lowest BCUT2D eigenvalue weighted by Gasteiger charge is -2.38. The van der Waals surface area contributed by atoms with E-state index in [0.29, 0.717) is 18.1 Å². The summed E-state index contributed by atoms with van der Waals surface area (Å²) in [6.45, 7) is 6.28. The van der Waals surface area contributed by atoms with Gasteiger partial charge in [0.05, 0.1) is 6.54 Å². The molecule has 2 heterocycles. The third kappa shape index (κ3) is 3.66. The van der Waals surface area contributed by atoms with Crippen LogP contribution in [0.3, 0.4) is 0 Å². The first-order valence-corrected chi connectivity index (χ1v) is 8.88. The van der Waals surface area contributed by atoms with Gasteiger partial charge in [-0.15, -0.1) is 4.83 Å². The van der Waals surface area contributed by atoms with Crippen LogP contribution in [-0.4, -0.2) is 32.6 Å². The Morgan fingerprint density at radius 1 is 1.33 bits per heavy atom. The quantitative estimate of drug-likeness (QED) is 0.866. The molecule has 1 aliphatic rings. The van der Waals surface area contributed by atoms with Crippen molar-refractivity contribution in [3.05, 3.63) is 17.6 Å². The molecule has 2 atom stereocenters. The van der Waals surface area contributed by atoms with E-state index in [1.165, 1.54) is 0 Å². The van der Waals surface area contributed by atoms with Crippen LogP contribution in [0.15, 0.2) is 15.4 Å². The van der Waals surface area contributed by atoms with Crippen molar-refractivity contribution < 1.29 is 12.8 Å². The molecule has 2 rings (SSSR count). The van der Waals surface area contributed by atoms with E-state index < -0.39 is 10.0 Å². The number of nitrogens with zero attached hydrogens (tertiary/aromatic N) is 1. The molecule has 0 spiro atoms. The van der Waals surface area contributed by atoms with Gasteiger partial charge < -0.3 is 9.73 Å². The highest BCUT2D eigenvalue weighted by Crippen LogP contribution is 2.24. The summed E-state index contributed by atoms with van der Waals surface area (Å²) >= 11 is 0. The maximum atomic E-state index is 12.6. The van der Waals surface area contributed by atoms with Crippen molar-refractivity contribution in [2.75, 3.05) is 7.05 Å². The van der Waals surface area contributed by atoms with Gasteiger partial charge in [-0.05, 0) is 40.7 Å². The van der Waals surface area contributed by atoms with Gasteiger partial charge >= 0.3 is 0 Å². The third-order valence-corrected chi connectivity index (χ3v) is 5.42. The van der Waals surface area contributed by atoms with Gasteiger partial charge in [-0.1, -0.05) is 6.42 Å². The lowest BCUT2D eigenvalue weighted by molar-refractivity contribution is 0.0790. The number of hydrogen-bond donors (Lipinski definition) is 2. The monoisotopic (exact) mass is 315 g/mol. The Morgan fingerprint density at radius 2 is 1.95 bits per heavy atom. The topological polar surface area (TPSA) is 74.6 Å². The van der Waals surface area contributed by atoms with E-state index in [1.54, 1.807) is 20.0 Å². The van der Waals surface area contributed by atoms with Gasteiger partial charge in [0.1, 0.15) is 16.4 Å². The minimum Gasteiger partial charge on any atom is -0.464 e. The highest BCUT2D eigenvalue weighted by atomic mass is 32.2. The van der Waals surface area contributed by atoms with Crippen LogP contribution < -0.4 is 10.1 Å². The van der Waals surface area contributed by atoms with Crippen molar-refractivity contribution in [1.82, 2.24) is 15.2 Å². The van der Waals surface area contributed by atoms with Gasteiger partial charge in [0.2, 0.25) is 0 Å². The highest BCUT2D eigenvalue weighted by Gasteiger charge is 2.30. The summed E-state index contributed by atoms with van der Waals surface area (Å²) in [4.78, 5) is 2.95. The molecule has 1 saturated heterocycles. The van der Waals surface area contributed by atoms with Crippen LogP contribution in [-0.2, 0) is 16.6 Å². The summed E-state index contributed by atoms with van der Waals surface area (Å²) < 4.78 is 30.7. The van der Waals surface area contributed by atoms with Crippen molar-refractivity contribution in [2.45, 2.75) is 63.6 Å². The van der Waals surface area contributed by atoms with Gasteiger partial charge in [0.15, 0.2) is 0 Å². The van der Waals surface area contributed by atoms with E-state index in [-0.39, 0.29) is 17.0 Å². The third-order valence-electron chi connectivity index (χ3n) is 3.98. The second kappa shape index (κ2) is 6.48. The first-order chi connectivity index (χ1) is 9.85. The Balaban J connectivity index is 2.21. The summed E-state index contributed by atoms with van der Waals surface area (Å²) in [7, 11) is -1.81. The van der Waals surface area contributed by atoms with Gasteiger partial charge in [-0.2, -0.15) is 0 Å². The van der Waals surface area contributed by atoms with E-state index in [1.807, 2.05) is 18.9 Å². The molecular weight excluding hydrogens is 290 g/mol. The minimum atomic E-state index is -3.60. The second-order valence-electron chi connectivity index (χ2n) is 5.79. The summed E-state index contributed by atoms with van der Waals surface area (Å²) in [6.07, 6.45) is 3.14. The molecule has 0 bridgehead atoms. The fraction of sp³-hybridized carbons (Fsp3) is 0.714. The zero-order valence-electron chi connectivity index (χ0n) is 13.1. The molecule has 120 valence electrons. The molecule has 1 fully saturated rings. The first-order valence-electron chi connectivity index (χ1n) is 7.40. The fourth-order valence-electron chi connectivity index (χ4n) is 2.84. The average Bonchev–Trinajstić information content (AvgIpc) is 2.76. The molecule has 1 aliphatic heterocycles. The van der Waals surface area contributed by atoms with Crippen molar-refractivity contribution in [3.63, 3.8) is 0 Å². The number of sulfonamides is 1. The number of hydrogen-bond acceptors (Lipinski definition) is 5. The summed E-state index contributed by atoms with van der Waals surface area (Å²) in [6, 6.07) is 1.99.